The summed E-state index contributed by atoms with van der Waals surface area (Å²) >= 11 is 1.57. The SMILES string of the molecule is Cc1cc(NSc2ccc(C(C)(C)C)cc2)n(-c2ccc(N)c3ncccc23)n1. The van der Waals surface area contributed by atoms with Gasteiger partial charge in [0.05, 0.1) is 22.6 Å². The number of anilines is 2. The third-order valence-electron chi connectivity index (χ3n) is 4.83. The maximum atomic E-state index is 6.11. The van der Waals surface area contributed by atoms with Crippen molar-refractivity contribution >= 4 is 34.4 Å². The van der Waals surface area contributed by atoms with Crippen molar-refractivity contribution in [2.75, 3.05) is 10.5 Å². The van der Waals surface area contributed by atoms with Crippen molar-refractivity contribution in [3.8, 4) is 5.69 Å². The molecule has 2 heterocycles. The van der Waals surface area contributed by atoms with Crippen LogP contribution in [0.3, 0.4) is 0 Å². The molecule has 5 nitrogen and oxygen atoms in total. The van der Waals surface area contributed by atoms with Gasteiger partial charge in [0.2, 0.25) is 0 Å². The zero-order valence-electron chi connectivity index (χ0n) is 17.1. The highest BCUT2D eigenvalue weighted by Crippen LogP contribution is 2.30. The highest BCUT2D eigenvalue weighted by molar-refractivity contribution is 8.00. The van der Waals surface area contributed by atoms with Crippen LogP contribution < -0.4 is 10.5 Å². The third-order valence-corrected chi connectivity index (χ3v) is 5.65. The average molecular weight is 404 g/mol. The van der Waals surface area contributed by atoms with Gasteiger partial charge in [0.25, 0.3) is 0 Å². The molecule has 29 heavy (non-hydrogen) atoms. The van der Waals surface area contributed by atoms with E-state index in [1.807, 2.05) is 41.9 Å². The molecule has 148 valence electrons. The number of rotatable bonds is 4. The second-order valence-corrected chi connectivity index (χ2v) is 9.01. The molecule has 6 heteroatoms. The Morgan fingerprint density at radius 2 is 1.79 bits per heavy atom. The van der Waals surface area contributed by atoms with Gasteiger partial charge in [0, 0.05) is 22.5 Å². The van der Waals surface area contributed by atoms with E-state index >= 15 is 0 Å². The van der Waals surface area contributed by atoms with Crippen LogP contribution >= 0.6 is 11.9 Å². The van der Waals surface area contributed by atoms with Gasteiger partial charge in [-0.3, -0.25) is 4.98 Å². The number of benzene rings is 2. The monoisotopic (exact) mass is 403 g/mol. The van der Waals surface area contributed by atoms with Gasteiger partial charge in [-0.2, -0.15) is 5.10 Å². The van der Waals surface area contributed by atoms with Crippen LogP contribution in [0.15, 0.2) is 65.7 Å². The van der Waals surface area contributed by atoms with Gasteiger partial charge in [-0.15, -0.1) is 0 Å². The minimum absolute atomic E-state index is 0.149. The zero-order valence-corrected chi connectivity index (χ0v) is 17.9. The van der Waals surface area contributed by atoms with Crippen molar-refractivity contribution < 1.29 is 0 Å². The van der Waals surface area contributed by atoms with Crippen molar-refractivity contribution in [3.05, 3.63) is 72.1 Å². The molecule has 0 aliphatic rings. The fourth-order valence-corrected chi connectivity index (χ4v) is 3.89. The lowest BCUT2D eigenvalue weighted by Gasteiger charge is -2.19. The molecule has 0 saturated heterocycles. The van der Waals surface area contributed by atoms with Gasteiger partial charge >= 0.3 is 0 Å². The molecule has 0 aliphatic carbocycles. The molecule has 0 radical (unpaired) electrons. The summed E-state index contributed by atoms with van der Waals surface area (Å²) in [5.74, 6) is 0.905. The first-order valence-electron chi connectivity index (χ1n) is 9.56. The molecule has 0 unspecified atom stereocenters. The second kappa shape index (κ2) is 7.44. The zero-order chi connectivity index (χ0) is 20.6. The molecule has 2 aromatic carbocycles. The predicted molar refractivity (Wildman–Crippen MR) is 123 cm³/mol. The topological polar surface area (TPSA) is 68.8 Å². The van der Waals surface area contributed by atoms with Crippen molar-refractivity contribution in [3.63, 3.8) is 0 Å². The van der Waals surface area contributed by atoms with Gasteiger partial charge in [-0.05, 0) is 66.2 Å². The van der Waals surface area contributed by atoms with Gasteiger partial charge < -0.3 is 10.5 Å². The van der Waals surface area contributed by atoms with Crippen molar-refractivity contribution in [1.82, 2.24) is 14.8 Å². The second-order valence-electron chi connectivity index (χ2n) is 8.13. The molecule has 2 aromatic heterocycles. The van der Waals surface area contributed by atoms with Crippen molar-refractivity contribution in [2.24, 2.45) is 0 Å². The van der Waals surface area contributed by atoms with Crippen LogP contribution in [0.5, 0.6) is 0 Å². The van der Waals surface area contributed by atoms with Gasteiger partial charge in [-0.25, -0.2) is 4.68 Å². The van der Waals surface area contributed by atoms with E-state index in [0.29, 0.717) is 5.69 Å². The lowest BCUT2D eigenvalue weighted by Crippen LogP contribution is -2.10. The van der Waals surface area contributed by atoms with Crippen molar-refractivity contribution in [1.29, 1.82) is 0 Å². The molecule has 0 spiro atoms. The summed E-state index contributed by atoms with van der Waals surface area (Å²) < 4.78 is 5.36. The maximum absolute atomic E-state index is 6.11. The van der Waals surface area contributed by atoms with Gasteiger partial charge in [0.15, 0.2) is 0 Å². The largest absolute Gasteiger partial charge is 0.397 e. The molecule has 0 fully saturated rings. The molecule has 0 atom stereocenters. The van der Waals surface area contributed by atoms with Crippen LogP contribution in [0.4, 0.5) is 11.5 Å². The maximum Gasteiger partial charge on any atom is 0.140 e. The third kappa shape index (κ3) is 3.93. The minimum Gasteiger partial charge on any atom is -0.397 e. The van der Waals surface area contributed by atoms with E-state index in [1.165, 1.54) is 5.56 Å². The number of hydrogen-bond donors (Lipinski definition) is 2. The Hall–Kier alpha value is -2.99. The smallest absolute Gasteiger partial charge is 0.140 e. The molecule has 0 amide bonds. The highest BCUT2D eigenvalue weighted by Gasteiger charge is 2.14. The van der Waals surface area contributed by atoms with Crippen LogP contribution in [0, 0.1) is 6.92 Å². The Balaban J connectivity index is 1.64. The molecule has 0 bridgehead atoms. The van der Waals surface area contributed by atoms with E-state index in [1.54, 1.807) is 18.1 Å². The number of nitrogens with two attached hydrogens (primary N) is 1. The standard InChI is InChI=1S/C23H25N5S/c1-15-14-21(27-29-17-9-7-16(8-10-17)23(2,3)4)28(26-15)20-12-11-19(24)22-18(20)6-5-13-25-22/h5-14,27H,24H2,1-4H3. The predicted octanol–water partition coefficient (Wildman–Crippen LogP) is 5.73. The molecule has 4 rings (SSSR count). The normalized spacial score (nSPS) is 11.7. The Kier molecular flexibility index (Phi) is 4.96. The summed E-state index contributed by atoms with van der Waals surface area (Å²) in [5, 5.41) is 5.66. The van der Waals surface area contributed by atoms with E-state index < -0.39 is 0 Å². The summed E-state index contributed by atoms with van der Waals surface area (Å²) in [4.78, 5) is 5.58. The fourth-order valence-electron chi connectivity index (χ4n) is 3.25. The van der Waals surface area contributed by atoms with Crippen LogP contribution in [0.25, 0.3) is 16.6 Å². The van der Waals surface area contributed by atoms with Crippen LogP contribution in [0.1, 0.15) is 32.0 Å². The van der Waals surface area contributed by atoms with Crippen LogP contribution in [-0.4, -0.2) is 14.8 Å². The molecular formula is C23H25N5S. The molecule has 0 aliphatic heterocycles. The van der Waals surface area contributed by atoms with Gasteiger partial charge in [0.1, 0.15) is 5.82 Å². The van der Waals surface area contributed by atoms with Crippen molar-refractivity contribution in [2.45, 2.75) is 38.0 Å². The van der Waals surface area contributed by atoms with E-state index in [9.17, 15) is 0 Å². The quantitative estimate of drug-likeness (QED) is 0.336. The number of nitrogens with one attached hydrogen (secondary N) is 1. The first-order valence-corrected chi connectivity index (χ1v) is 10.4. The number of fused-ring (bicyclic) bond motifs is 1. The first-order chi connectivity index (χ1) is 13.8. The lowest BCUT2D eigenvalue weighted by molar-refractivity contribution is 0.590. The molecule has 4 aromatic rings. The summed E-state index contributed by atoms with van der Waals surface area (Å²) in [5.41, 5.74) is 10.9. The Morgan fingerprint density at radius 1 is 1.03 bits per heavy atom. The van der Waals surface area contributed by atoms with Crippen LogP contribution in [0.2, 0.25) is 0 Å². The number of aromatic nitrogens is 3. The van der Waals surface area contributed by atoms with E-state index in [4.69, 9.17) is 10.8 Å². The number of aryl methyl sites for hydroxylation is 1. The summed E-state index contributed by atoms with van der Waals surface area (Å²) in [6, 6.07) is 18.5. The van der Waals surface area contributed by atoms with Gasteiger partial charge in [-0.1, -0.05) is 32.9 Å². The summed E-state index contributed by atoms with van der Waals surface area (Å²) in [7, 11) is 0. The van der Waals surface area contributed by atoms with E-state index in [2.05, 4.69) is 54.7 Å². The number of nitrogens with zero attached hydrogens (tertiary/aromatic N) is 3. The summed E-state index contributed by atoms with van der Waals surface area (Å²) in [6.45, 7) is 8.66. The number of pyridine rings is 1. The summed E-state index contributed by atoms with van der Waals surface area (Å²) in [6.07, 6.45) is 1.76. The molecular weight excluding hydrogens is 378 g/mol. The fraction of sp³-hybridized carbons (Fsp3) is 0.217. The Morgan fingerprint density at radius 3 is 2.52 bits per heavy atom. The molecule has 3 N–H and O–H groups in total. The number of hydrogen-bond acceptors (Lipinski definition) is 5. The number of nitrogen functional groups attached to an aromatic ring is 1. The van der Waals surface area contributed by atoms with Crippen LogP contribution in [-0.2, 0) is 5.41 Å². The van der Waals surface area contributed by atoms with E-state index in [0.717, 1.165) is 33.0 Å². The highest BCUT2D eigenvalue weighted by atomic mass is 32.2. The minimum atomic E-state index is 0.149. The Bertz CT molecular complexity index is 1160. The van der Waals surface area contributed by atoms with E-state index in [-0.39, 0.29) is 5.41 Å². The average Bonchev–Trinajstić information content (AvgIpc) is 3.07. The first kappa shape index (κ1) is 19.3. The lowest BCUT2D eigenvalue weighted by atomic mass is 9.87. The Labute approximate surface area is 175 Å². The molecule has 0 saturated carbocycles.